The van der Waals surface area contributed by atoms with Crippen molar-refractivity contribution in [1.82, 2.24) is 24.4 Å². The zero-order valence-electron chi connectivity index (χ0n) is 35.8. The third-order valence-corrected chi connectivity index (χ3v) is 14.1. The van der Waals surface area contributed by atoms with Crippen LogP contribution in [0, 0.1) is 12.3 Å². The monoisotopic (exact) mass is 863 g/mol. The van der Waals surface area contributed by atoms with Gasteiger partial charge in [0.15, 0.2) is 0 Å². The molecule has 1 aromatic heterocycles. The number of ether oxygens (including phenoxy) is 1. The van der Waals surface area contributed by atoms with Crippen LogP contribution in [0.3, 0.4) is 0 Å². The Bertz CT molecular complexity index is 2500. The fourth-order valence-electron chi connectivity index (χ4n) is 8.76. The molecule has 8 rings (SSSR count). The molecule has 2 aliphatic heterocycles. The summed E-state index contributed by atoms with van der Waals surface area (Å²) in [5.74, 6) is 0.0560. The predicted molar refractivity (Wildman–Crippen MR) is 248 cm³/mol. The van der Waals surface area contributed by atoms with Crippen molar-refractivity contribution in [1.29, 1.82) is 0 Å². The van der Waals surface area contributed by atoms with Crippen LogP contribution >= 0.6 is 11.6 Å². The van der Waals surface area contributed by atoms with Gasteiger partial charge in [-0.05, 0) is 122 Å². The van der Waals surface area contributed by atoms with Gasteiger partial charge < -0.3 is 24.8 Å². The van der Waals surface area contributed by atoms with Crippen LogP contribution in [0.1, 0.15) is 54.6 Å². The number of aromatic amines is 1. The Hall–Kier alpha value is -4.85. The lowest BCUT2D eigenvalue weighted by Gasteiger charge is -2.39. The van der Waals surface area contributed by atoms with E-state index in [-0.39, 0.29) is 21.6 Å². The van der Waals surface area contributed by atoms with Gasteiger partial charge in [-0.3, -0.25) is 14.6 Å². The van der Waals surface area contributed by atoms with Crippen LogP contribution in [0.4, 0.5) is 11.4 Å². The van der Waals surface area contributed by atoms with Crippen molar-refractivity contribution in [3.05, 3.63) is 118 Å². The normalized spacial score (nSPS) is 18.1. The Morgan fingerprint density at radius 3 is 2.38 bits per heavy atom. The topological polar surface area (TPSA) is 113 Å². The standard InChI is InChI=1S/C48H58ClN7O4S/c1-34-29-41(11-14-44(34)51-19-20-54-23-21-53(4)22-24-54)61(58,59)52-47(57)42-12-9-39(31-46(42)60-40-10-13-45-36(30-40)16-18-50-45)56-27-25-55(26-28-56)33-37-15-17-48(2,3)32-43(37)35-5-7-38(49)8-6-35/h5-14,16,18,29-31,50-51H,15,17,19-28,32-33H2,1-4H3,(H,52,57). The number of amides is 1. The minimum absolute atomic E-state index is 0.0193. The number of fused-ring (bicyclic) bond motifs is 1. The lowest BCUT2D eigenvalue weighted by Crippen LogP contribution is -2.47. The van der Waals surface area contributed by atoms with Gasteiger partial charge in [-0.25, -0.2) is 13.1 Å². The fourth-order valence-corrected chi connectivity index (χ4v) is 9.93. The number of benzene rings is 4. The van der Waals surface area contributed by atoms with E-state index in [0.717, 1.165) is 118 Å². The Balaban J connectivity index is 0.966. The second-order valence-electron chi connectivity index (χ2n) is 17.7. The van der Waals surface area contributed by atoms with Crippen LogP contribution in [0.15, 0.2) is 102 Å². The second-order valence-corrected chi connectivity index (χ2v) is 19.8. The molecule has 2 fully saturated rings. The molecule has 0 spiro atoms. The summed E-state index contributed by atoms with van der Waals surface area (Å²) in [7, 11) is -2.06. The molecule has 3 aliphatic rings. The molecule has 1 amide bonds. The molecule has 0 atom stereocenters. The highest BCUT2D eigenvalue weighted by Gasteiger charge is 2.30. The van der Waals surface area contributed by atoms with Gasteiger partial charge in [0.1, 0.15) is 11.5 Å². The van der Waals surface area contributed by atoms with E-state index in [1.54, 1.807) is 18.2 Å². The van der Waals surface area contributed by atoms with E-state index in [1.807, 2.05) is 61.7 Å². The molecule has 0 unspecified atom stereocenters. The molecule has 4 aromatic carbocycles. The first kappa shape index (κ1) is 42.8. The summed E-state index contributed by atoms with van der Waals surface area (Å²) < 4.78 is 36.2. The number of halogens is 1. The lowest BCUT2D eigenvalue weighted by atomic mass is 9.72. The number of hydrogen-bond donors (Lipinski definition) is 3. The van der Waals surface area contributed by atoms with Gasteiger partial charge in [0, 0.05) is 112 Å². The van der Waals surface area contributed by atoms with Crippen molar-refractivity contribution >= 4 is 55.4 Å². The van der Waals surface area contributed by atoms with Crippen LogP contribution in [0.25, 0.3) is 16.5 Å². The molecule has 0 radical (unpaired) electrons. The summed E-state index contributed by atoms with van der Waals surface area (Å²) in [5, 5.41) is 5.17. The number of nitrogens with one attached hydrogen (secondary N) is 3. The number of sulfonamides is 1. The summed E-state index contributed by atoms with van der Waals surface area (Å²) >= 11 is 6.26. The summed E-state index contributed by atoms with van der Waals surface area (Å²) in [5.41, 5.74) is 8.11. The minimum atomic E-state index is -4.21. The maximum atomic E-state index is 14.0. The molecular formula is C48H58ClN7O4S. The predicted octanol–water partition coefficient (Wildman–Crippen LogP) is 8.49. The number of rotatable bonds is 13. The Kier molecular flexibility index (Phi) is 12.8. The summed E-state index contributed by atoms with van der Waals surface area (Å²) in [6.45, 7) is 16.7. The van der Waals surface area contributed by atoms with E-state index in [9.17, 15) is 13.2 Å². The molecule has 3 heterocycles. The van der Waals surface area contributed by atoms with Crippen LogP contribution in [-0.4, -0.2) is 113 Å². The number of anilines is 2. The summed E-state index contributed by atoms with van der Waals surface area (Å²) in [6.07, 6.45) is 5.16. The summed E-state index contributed by atoms with van der Waals surface area (Å²) in [6, 6.07) is 26.2. The molecule has 1 aliphatic carbocycles. The van der Waals surface area contributed by atoms with E-state index in [4.69, 9.17) is 16.3 Å². The van der Waals surface area contributed by atoms with Crippen molar-refractivity contribution in [2.45, 2.75) is 44.9 Å². The largest absolute Gasteiger partial charge is 0.456 e. The van der Waals surface area contributed by atoms with Crippen LogP contribution in [0.2, 0.25) is 5.02 Å². The Morgan fingerprint density at radius 2 is 1.62 bits per heavy atom. The molecule has 0 saturated carbocycles. The molecular weight excluding hydrogens is 806 g/mol. The first-order valence-corrected chi connectivity index (χ1v) is 23.3. The number of aryl methyl sites for hydroxylation is 1. The van der Waals surface area contributed by atoms with Gasteiger partial charge in [-0.1, -0.05) is 43.2 Å². The van der Waals surface area contributed by atoms with Crippen molar-refractivity contribution in [3.8, 4) is 11.5 Å². The third-order valence-electron chi connectivity index (χ3n) is 12.6. The number of H-pyrrole nitrogens is 1. The van der Waals surface area contributed by atoms with Crippen molar-refractivity contribution in [2.75, 3.05) is 89.3 Å². The van der Waals surface area contributed by atoms with E-state index >= 15 is 0 Å². The highest BCUT2D eigenvalue weighted by Crippen LogP contribution is 2.43. The maximum absolute atomic E-state index is 14.0. The Labute approximate surface area is 365 Å². The Morgan fingerprint density at radius 1 is 0.869 bits per heavy atom. The average Bonchev–Trinajstić information content (AvgIpc) is 3.71. The number of likely N-dealkylation sites (N-methyl/N-ethyl adjacent to an activating group) is 1. The van der Waals surface area contributed by atoms with Gasteiger partial charge >= 0.3 is 0 Å². The van der Waals surface area contributed by atoms with Gasteiger partial charge in [0.2, 0.25) is 0 Å². The summed E-state index contributed by atoms with van der Waals surface area (Å²) in [4.78, 5) is 26.8. The second kappa shape index (κ2) is 18.2. The smallest absolute Gasteiger partial charge is 0.268 e. The number of aromatic nitrogens is 1. The van der Waals surface area contributed by atoms with Crippen molar-refractivity contribution in [3.63, 3.8) is 0 Å². The van der Waals surface area contributed by atoms with E-state index in [2.05, 4.69) is 67.7 Å². The van der Waals surface area contributed by atoms with Crippen LogP contribution in [-0.2, 0) is 10.0 Å². The van der Waals surface area contributed by atoms with Gasteiger partial charge in [0.05, 0.1) is 10.5 Å². The molecule has 13 heteroatoms. The number of nitrogens with zero attached hydrogens (tertiary/aromatic N) is 4. The van der Waals surface area contributed by atoms with Crippen LogP contribution in [0.5, 0.6) is 11.5 Å². The first-order chi connectivity index (χ1) is 29.3. The van der Waals surface area contributed by atoms with Crippen LogP contribution < -0.4 is 19.7 Å². The maximum Gasteiger partial charge on any atom is 0.268 e. The number of carbonyl (C=O) groups excluding carboxylic acids is 1. The molecule has 61 heavy (non-hydrogen) atoms. The molecule has 3 N–H and O–H groups in total. The first-order valence-electron chi connectivity index (χ1n) is 21.4. The van der Waals surface area contributed by atoms with Crippen molar-refractivity contribution < 1.29 is 17.9 Å². The molecule has 2 saturated heterocycles. The van der Waals surface area contributed by atoms with Gasteiger partial charge in [0.25, 0.3) is 15.9 Å². The zero-order valence-corrected chi connectivity index (χ0v) is 37.3. The molecule has 5 aromatic rings. The fraction of sp³-hybridized carbons (Fsp3) is 0.396. The number of carbonyl (C=O) groups is 1. The molecule has 322 valence electrons. The number of allylic oxidation sites excluding steroid dienone is 1. The third kappa shape index (κ3) is 10.4. The lowest BCUT2D eigenvalue weighted by molar-refractivity contribution is 0.0979. The average molecular weight is 865 g/mol. The highest BCUT2D eigenvalue weighted by atomic mass is 35.5. The molecule has 0 bridgehead atoms. The SMILES string of the molecule is Cc1cc(S(=O)(=O)NC(=O)c2ccc(N3CCN(CC4=C(c5ccc(Cl)cc5)CC(C)(C)CC4)CC3)cc2Oc2ccc3[nH]ccc3c2)ccc1NCCN1CCN(C)CC1. The van der Waals surface area contributed by atoms with Gasteiger partial charge in [-0.2, -0.15) is 0 Å². The van der Waals surface area contributed by atoms with Crippen molar-refractivity contribution in [2.24, 2.45) is 5.41 Å². The number of piperazine rings is 2. The van der Waals surface area contributed by atoms with E-state index in [1.165, 1.54) is 29.2 Å². The highest BCUT2D eigenvalue weighted by molar-refractivity contribution is 7.90. The quantitative estimate of drug-likeness (QED) is 0.107. The van der Waals surface area contributed by atoms with E-state index in [0.29, 0.717) is 5.75 Å². The number of hydrogen-bond acceptors (Lipinski definition) is 9. The van der Waals surface area contributed by atoms with Gasteiger partial charge in [-0.15, -0.1) is 0 Å². The minimum Gasteiger partial charge on any atom is -0.456 e. The molecule has 11 nitrogen and oxygen atoms in total. The zero-order chi connectivity index (χ0) is 42.7. The van der Waals surface area contributed by atoms with E-state index < -0.39 is 15.9 Å².